The summed E-state index contributed by atoms with van der Waals surface area (Å²) in [6, 6.07) is 6.56. The van der Waals surface area contributed by atoms with Crippen molar-refractivity contribution in [1.82, 2.24) is 8.28 Å². The predicted octanol–water partition coefficient (Wildman–Crippen LogP) is 4.79. The third-order valence-electron chi connectivity index (χ3n) is 3.51. The quantitative estimate of drug-likeness (QED) is 0.701. The monoisotopic (exact) mass is 276 g/mol. The topological polar surface area (TPSA) is 8.17 Å². The molecular formula is C16H24N2S. The summed E-state index contributed by atoms with van der Waals surface area (Å²) in [7, 11) is 0. The number of fused-ring (bicyclic) bond motifs is 1. The molecule has 0 bridgehead atoms. The lowest BCUT2D eigenvalue weighted by atomic mass is 10.1. The number of aryl methyl sites for hydroxylation is 2. The molecule has 0 saturated carbocycles. The van der Waals surface area contributed by atoms with Crippen molar-refractivity contribution in [2.24, 2.45) is 0 Å². The van der Waals surface area contributed by atoms with Gasteiger partial charge in [-0.1, -0.05) is 38.5 Å². The summed E-state index contributed by atoms with van der Waals surface area (Å²) < 4.78 is 4.77. The molecule has 19 heavy (non-hydrogen) atoms. The third kappa shape index (κ3) is 3.15. The Hall–Kier alpha value is -0.930. The van der Waals surface area contributed by atoms with Crippen LogP contribution in [0.25, 0.3) is 10.9 Å². The maximum atomic E-state index is 2.44. The average molecular weight is 276 g/mol. The molecule has 0 unspecified atom stereocenters. The molecule has 0 atom stereocenters. The van der Waals surface area contributed by atoms with Crippen molar-refractivity contribution in [3.8, 4) is 0 Å². The van der Waals surface area contributed by atoms with Crippen molar-refractivity contribution >= 4 is 23.0 Å². The van der Waals surface area contributed by atoms with Crippen molar-refractivity contribution in [3.05, 3.63) is 35.5 Å². The lowest BCUT2D eigenvalue weighted by Crippen LogP contribution is -2.18. The molecule has 0 fully saturated rings. The molecule has 0 saturated heterocycles. The van der Waals surface area contributed by atoms with Crippen LogP contribution in [0.4, 0.5) is 0 Å². The molecule has 1 heterocycles. The number of para-hydroxylation sites is 1. The first-order valence-corrected chi connectivity index (χ1v) is 7.91. The molecule has 3 heteroatoms. The Morgan fingerprint density at radius 3 is 2.63 bits per heavy atom. The van der Waals surface area contributed by atoms with Crippen molar-refractivity contribution < 1.29 is 0 Å². The molecule has 2 aromatic rings. The molecule has 0 radical (unpaired) electrons. The second-order valence-corrected chi connectivity index (χ2v) is 6.14. The highest BCUT2D eigenvalue weighted by atomic mass is 32.2. The fourth-order valence-corrected chi connectivity index (χ4v) is 3.46. The van der Waals surface area contributed by atoms with Crippen molar-refractivity contribution in [2.75, 3.05) is 13.1 Å². The summed E-state index contributed by atoms with van der Waals surface area (Å²) in [5, 5.41) is 1.37. The minimum Gasteiger partial charge on any atom is -0.278 e. The van der Waals surface area contributed by atoms with Crippen LogP contribution in [0, 0.1) is 13.8 Å². The molecule has 0 N–H and O–H groups in total. The summed E-state index contributed by atoms with van der Waals surface area (Å²) in [6.45, 7) is 11.1. The van der Waals surface area contributed by atoms with E-state index >= 15 is 0 Å². The maximum absolute atomic E-state index is 2.44. The average Bonchev–Trinajstić information content (AvgIpc) is 2.72. The molecule has 0 amide bonds. The summed E-state index contributed by atoms with van der Waals surface area (Å²) in [5.41, 5.74) is 4.07. The first-order valence-electron chi connectivity index (χ1n) is 7.18. The summed E-state index contributed by atoms with van der Waals surface area (Å²) in [6.07, 6.45) is 4.77. The van der Waals surface area contributed by atoms with Gasteiger partial charge in [0.2, 0.25) is 0 Å². The van der Waals surface area contributed by atoms with Crippen LogP contribution < -0.4 is 0 Å². The third-order valence-corrected chi connectivity index (χ3v) is 4.65. The molecular weight excluding hydrogens is 252 g/mol. The lowest BCUT2D eigenvalue weighted by Gasteiger charge is -2.19. The van der Waals surface area contributed by atoms with Gasteiger partial charge >= 0.3 is 0 Å². The van der Waals surface area contributed by atoms with Gasteiger partial charge in [0, 0.05) is 36.8 Å². The molecule has 0 aliphatic heterocycles. The second-order valence-electron chi connectivity index (χ2n) is 5.07. The molecule has 2 nitrogen and oxygen atoms in total. The summed E-state index contributed by atoms with van der Waals surface area (Å²) >= 11 is 1.84. The van der Waals surface area contributed by atoms with Crippen LogP contribution in [0.2, 0.25) is 0 Å². The first kappa shape index (κ1) is 14.5. The fourth-order valence-electron chi connectivity index (χ4n) is 2.36. The highest BCUT2D eigenvalue weighted by Crippen LogP contribution is 2.29. The number of hydrogen-bond acceptors (Lipinski definition) is 2. The largest absolute Gasteiger partial charge is 0.278 e. The van der Waals surface area contributed by atoms with E-state index in [-0.39, 0.29) is 0 Å². The van der Waals surface area contributed by atoms with Gasteiger partial charge in [-0.3, -0.25) is 3.97 Å². The zero-order valence-electron chi connectivity index (χ0n) is 12.4. The van der Waals surface area contributed by atoms with Crippen LogP contribution in [-0.2, 0) is 0 Å². The van der Waals surface area contributed by atoms with E-state index in [1.165, 1.54) is 34.9 Å². The minimum atomic E-state index is 1.08. The van der Waals surface area contributed by atoms with Gasteiger partial charge in [0.1, 0.15) is 0 Å². The minimum absolute atomic E-state index is 1.08. The Morgan fingerprint density at radius 2 is 1.95 bits per heavy atom. The van der Waals surface area contributed by atoms with Gasteiger partial charge in [0.15, 0.2) is 0 Å². The first-order chi connectivity index (χ1) is 9.17. The van der Waals surface area contributed by atoms with Gasteiger partial charge in [-0.05, 0) is 31.4 Å². The number of benzene rings is 1. The zero-order chi connectivity index (χ0) is 13.8. The Labute approximate surface area is 121 Å². The maximum Gasteiger partial charge on any atom is 0.0635 e. The highest BCUT2D eigenvalue weighted by Gasteiger charge is 2.11. The molecule has 0 spiro atoms. The van der Waals surface area contributed by atoms with E-state index in [1.54, 1.807) is 0 Å². The normalized spacial score (nSPS) is 11.6. The fraction of sp³-hybridized carbons (Fsp3) is 0.500. The summed E-state index contributed by atoms with van der Waals surface area (Å²) in [4.78, 5) is 0. The number of unbranched alkanes of at least 4 members (excludes halogenated alkanes) is 1. The van der Waals surface area contributed by atoms with E-state index in [0.717, 1.165) is 13.1 Å². The number of aromatic nitrogens is 1. The van der Waals surface area contributed by atoms with Gasteiger partial charge < -0.3 is 0 Å². The summed E-state index contributed by atoms with van der Waals surface area (Å²) in [5.74, 6) is 0. The smallest absolute Gasteiger partial charge is 0.0635 e. The molecule has 1 aromatic carbocycles. The van der Waals surface area contributed by atoms with Crippen LogP contribution in [-0.4, -0.2) is 21.4 Å². The standard InChI is InChI=1S/C16H24N2S/c1-5-7-11-17(6-2)19-18-12-14(4)15-10-8-9-13(3)16(15)18/h8-10,12H,5-7,11H2,1-4H3. The van der Waals surface area contributed by atoms with E-state index in [1.807, 2.05) is 12.1 Å². The lowest BCUT2D eigenvalue weighted by molar-refractivity contribution is 0.477. The second kappa shape index (κ2) is 6.49. The van der Waals surface area contributed by atoms with Crippen molar-refractivity contribution in [2.45, 2.75) is 40.5 Å². The van der Waals surface area contributed by atoms with E-state index in [2.05, 4.69) is 60.4 Å². The Balaban J connectivity index is 2.29. The van der Waals surface area contributed by atoms with E-state index in [9.17, 15) is 0 Å². The van der Waals surface area contributed by atoms with Gasteiger partial charge in [0.25, 0.3) is 0 Å². The molecule has 0 aliphatic rings. The molecule has 2 rings (SSSR count). The van der Waals surface area contributed by atoms with Gasteiger partial charge in [-0.25, -0.2) is 4.31 Å². The van der Waals surface area contributed by atoms with E-state index < -0.39 is 0 Å². The number of rotatable bonds is 6. The number of nitrogens with zero attached hydrogens (tertiary/aromatic N) is 2. The Kier molecular flexibility index (Phi) is 4.94. The van der Waals surface area contributed by atoms with Gasteiger partial charge in [-0.15, -0.1) is 0 Å². The Bertz CT molecular complexity index is 545. The zero-order valence-corrected chi connectivity index (χ0v) is 13.3. The highest BCUT2D eigenvalue weighted by molar-refractivity contribution is 7.95. The van der Waals surface area contributed by atoms with Crippen LogP contribution in [0.5, 0.6) is 0 Å². The van der Waals surface area contributed by atoms with Gasteiger partial charge in [-0.2, -0.15) is 0 Å². The Morgan fingerprint density at radius 1 is 1.16 bits per heavy atom. The van der Waals surface area contributed by atoms with Crippen LogP contribution >= 0.6 is 12.1 Å². The van der Waals surface area contributed by atoms with Gasteiger partial charge in [0.05, 0.1) is 5.52 Å². The van der Waals surface area contributed by atoms with Crippen molar-refractivity contribution in [1.29, 1.82) is 0 Å². The van der Waals surface area contributed by atoms with Crippen LogP contribution in [0.15, 0.2) is 24.4 Å². The molecule has 1 aromatic heterocycles. The number of hydrogen-bond donors (Lipinski definition) is 0. The van der Waals surface area contributed by atoms with Crippen LogP contribution in [0.1, 0.15) is 37.8 Å². The molecule has 104 valence electrons. The predicted molar refractivity (Wildman–Crippen MR) is 86.6 cm³/mol. The molecule has 0 aliphatic carbocycles. The SMILES string of the molecule is CCCCN(CC)Sn1cc(C)c2cccc(C)c21. The van der Waals surface area contributed by atoms with Crippen molar-refractivity contribution in [3.63, 3.8) is 0 Å². The van der Waals surface area contributed by atoms with E-state index in [4.69, 9.17) is 0 Å². The van der Waals surface area contributed by atoms with Crippen LogP contribution in [0.3, 0.4) is 0 Å². The van der Waals surface area contributed by atoms with E-state index in [0.29, 0.717) is 0 Å².